The molecule has 1 saturated heterocycles. The Morgan fingerprint density at radius 3 is 2.39 bits per heavy atom. The monoisotopic (exact) mass is 487 g/mol. The van der Waals surface area contributed by atoms with E-state index in [2.05, 4.69) is 0 Å². The largest absolute Gasteiger partial charge is 0.507 e. The van der Waals surface area contributed by atoms with Gasteiger partial charge >= 0.3 is 0 Å². The topological polar surface area (TPSA) is 85.3 Å². The lowest BCUT2D eigenvalue weighted by atomic mass is 9.94. The van der Waals surface area contributed by atoms with Crippen LogP contribution in [0.4, 0.5) is 0 Å². The number of methoxy groups -OCH3 is 2. The summed E-state index contributed by atoms with van der Waals surface area (Å²) in [7, 11) is 3.15. The Kier molecular flexibility index (Phi) is 7.71. The maximum atomic E-state index is 13.2. The molecular formula is C29H29NO6. The van der Waals surface area contributed by atoms with Crippen molar-refractivity contribution in [2.75, 3.05) is 27.4 Å². The van der Waals surface area contributed by atoms with E-state index in [1.165, 1.54) is 4.90 Å². The highest BCUT2D eigenvalue weighted by molar-refractivity contribution is 6.46. The van der Waals surface area contributed by atoms with Crippen LogP contribution in [0.15, 0.2) is 78.4 Å². The third kappa shape index (κ3) is 5.11. The van der Waals surface area contributed by atoms with Crippen molar-refractivity contribution in [2.24, 2.45) is 0 Å². The molecule has 1 N–H and O–H groups in total. The number of carbonyl (C=O) groups is 2. The Balaban J connectivity index is 1.79. The van der Waals surface area contributed by atoms with Crippen LogP contribution in [0.1, 0.15) is 29.2 Å². The molecule has 1 atom stereocenters. The molecule has 0 radical (unpaired) electrons. The van der Waals surface area contributed by atoms with Crippen LogP contribution in [0, 0.1) is 6.92 Å². The molecule has 3 aromatic rings. The highest BCUT2D eigenvalue weighted by Crippen LogP contribution is 2.41. The maximum absolute atomic E-state index is 13.2. The van der Waals surface area contributed by atoms with Crippen molar-refractivity contribution in [3.05, 3.63) is 95.1 Å². The first-order valence-electron chi connectivity index (χ1n) is 11.7. The average Bonchev–Trinajstić information content (AvgIpc) is 3.14. The number of Topliss-reactive ketones (excluding diaryl/α,β-unsaturated/α-hetero) is 1. The van der Waals surface area contributed by atoms with Crippen molar-refractivity contribution < 1.29 is 28.9 Å². The van der Waals surface area contributed by atoms with Crippen LogP contribution in [0.5, 0.6) is 17.2 Å². The van der Waals surface area contributed by atoms with Crippen LogP contribution in [0.3, 0.4) is 0 Å². The van der Waals surface area contributed by atoms with Gasteiger partial charge in [-0.05, 0) is 66.9 Å². The van der Waals surface area contributed by atoms with E-state index in [9.17, 15) is 14.7 Å². The van der Waals surface area contributed by atoms with Gasteiger partial charge in [0.05, 0.1) is 18.7 Å². The average molecular weight is 488 g/mol. The highest BCUT2D eigenvalue weighted by atomic mass is 16.5. The van der Waals surface area contributed by atoms with Gasteiger partial charge in [0.15, 0.2) is 0 Å². The summed E-state index contributed by atoms with van der Waals surface area (Å²) in [5, 5.41) is 11.3. The van der Waals surface area contributed by atoms with Crippen molar-refractivity contribution in [3.63, 3.8) is 0 Å². The summed E-state index contributed by atoms with van der Waals surface area (Å²) in [6.45, 7) is 2.58. The van der Waals surface area contributed by atoms with Crippen LogP contribution >= 0.6 is 0 Å². The molecule has 36 heavy (non-hydrogen) atoms. The van der Waals surface area contributed by atoms with Gasteiger partial charge in [-0.2, -0.15) is 0 Å². The summed E-state index contributed by atoms with van der Waals surface area (Å²) in [6.07, 6.45) is 0.544. The van der Waals surface area contributed by atoms with Gasteiger partial charge in [0.1, 0.15) is 23.0 Å². The molecule has 1 aliphatic heterocycles. The lowest BCUT2D eigenvalue weighted by molar-refractivity contribution is -0.140. The number of nitrogens with zero attached hydrogens (tertiary/aromatic N) is 1. The minimum atomic E-state index is -0.774. The second kappa shape index (κ2) is 11.1. The van der Waals surface area contributed by atoms with Crippen molar-refractivity contribution in [1.82, 2.24) is 4.90 Å². The predicted octanol–water partition coefficient (Wildman–Crippen LogP) is 5.25. The normalized spacial score (nSPS) is 16.9. The van der Waals surface area contributed by atoms with E-state index in [4.69, 9.17) is 14.2 Å². The van der Waals surface area contributed by atoms with Gasteiger partial charge in [-0.3, -0.25) is 9.59 Å². The second-order valence-corrected chi connectivity index (χ2v) is 8.51. The number of carbonyl (C=O) groups excluding carboxylic acids is 2. The fourth-order valence-corrected chi connectivity index (χ4v) is 4.39. The SMILES string of the molecule is COCCCN1C(=O)C(=O)/C(=C(/O)c2ccc(OC)c(C)c2)C1c1cccc(Oc2ccccc2)c1. The summed E-state index contributed by atoms with van der Waals surface area (Å²) in [5.41, 5.74) is 1.93. The van der Waals surface area contributed by atoms with Crippen LogP contribution in [0.25, 0.3) is 5.76 Å². The molecule has 7 heteroatoms. The van der Waals surface area contributed by atoms with Gasteiger partial charge in [0, 0.05) is 25.8 Å². The Morgan fingerprint density at radius 2 is 1.69 bits per heavy atom. The van der Waals surface area contributed by atoms with Crippen molar-refractivity contribution in [2.45, 2.75) is 19.4 Å². The molecule has 186 valence electrons. The zero-order chi connectivity index (χ0) is 25.7. The number of hydrogen-bond acceptors (Lipinski definition) is 6. The number of rotatable bonds is 9. The minimum absolute atomic E-state index is 0.0406. The number of likely N-dealkylation sites (tertiary alicyclic amines) is 1. The molecule has 0 aliphatic carbocycles. The molecule has 1 amide bonds. The zero-order valence-electron chi connectivity index (χ0n) is 20.6. The number of aryl methyl sites for hydroxylation is 1. The van der Waals surface area contributed by atoms with E-state index in [0.29, 0.717) is 47.9 Å². The van der Waals surface area contributed by atoms with Crippen LogP contribution in [-0.2, 0) is 14.3 Å². The van der Waals surface area contributed by atoms with Crippen LogP contribution in [0.2, 0.25) is 0 Å². The summed E-state index contributed by atoms with van der Waals surface area (Å²) in [4.78, 5) is 27.8. The smallest absolute Gasteiger partial charge is 0.295 e. The molecule has 1 heterocycles. The molecule has 7 nitrogen and oxygen atoms in total. The number of para-hydroxylation sites is 1. The fourth-order valence-electron chi connectivity index (χ4n) is 4.39. The Bertz CT molecular complexity index is 1280. The molecule has 4 rings (SSSR count). The lowest BCUT2D eigenvalue weighted by Gasteiger charge is -2.25. The first kappa shape index (κ1) is 25.0. The number of aliphatic hydroxyl groups is 1. The van der Waals surface area contributed by atoms with E-state index in [-0.39, 0.29) is 11.3 Å². The summed E-state index contributed by atoms with van der Waals surface area (Å²) in [5.74, 6) is 0.274. The Morgan fingerprint density at radius 1 is 0.944 bits per heavy atom. The van der Waals surface area contributed by atoms with E-state index < -0.39 is 17.7 Å². The van der Waals surface area contributed by atoms with Gasteiger partial charge in [0.25, 0.3) is 11.7 Å². The fraction of sp³-hybridized carbons (Fsp3) is 0.241. The zero-order valence-corrected chi connectivity index (χ0v) is 20.6. The molecule has 1 unspecified atom stereocenters. The minimum Gasteiger partial charge on any atom is -0.507 e. The Labute approximate surface area is 210 Å². The van der Waals surface area contributed by atoms with Crippen molar-refractivity contribution >= 4 is 17.4 Å². The predicted molar refractivity (Wildman–Crippen MR) is 136 cm³/mol. The highest BCUT2D eigenvalue weighted by Gasteiger charge is 2.45. The van der Waals surface area contributed by atoms with Gasteiger partial charge in [0.2, 0.25) is 0 Å². The number of hydrogen-bond donors (Lipinski definition) is 1. The van der Waals surface area contributed by atoms with E-state index in [0.717, 1.165) is 5.56 Å². The van der Waals surface area contributed by atoms with Gasteiger partial charge in [-0.15, -0.1) is 0 Å². The summed E-state index contributed by atoms with van der Waals surface area (Å²) < 4.78 is 16.5. The summed E-state index contributed by atoms with van der Waals surface area (Å²) in [6, 6.07) is 20.9. The standard InChI is InChI=1S/C29H29NO6/c1-19-17-21(13-14-24(19)35-3)27(31)25-26(30(15-8-16-34-2)29(33)28(25)32)20-9-7-12-23(18-20)36-22-10-5-4-6-11-22/h4-7,9-14,17-18,26,31H,8,15-16H2,1-3H3/b27-25+. The van der Waals surface area contributed by atoms with Crippen LogP contribution < -0.4 is 9.47 Å². The van der Waals surface area contributed by atoms with E-state index in [1.54, 1.807) is 50.6 Å². The van der Waals surface area contributed by atoms with Gasteiger partial charge < -0.3 is 24.2 Å². The third-order valence-electron chi connectivity index (χ3n) is 6.11. The van der Waals surface area contributed by atoms with Crippen molar-refractivity contribution in [3.8, 4) is 17.2 Å². The second-order valence-electron chi connectivity index (χ2n) is 8.51. The maximum Gasteiger partial charge on any atom is 0.295 e. The molecule has 3 aromatic carbocycles. The lowest BCUT2D eigenvalue weighted by Crippen LogP contribution is -2.31. The molecule has 0 aromatic heterocycles. The van der Waals surface area contributed by atoms with Gasteiger partial charge in [-0.25, -0.2) is 0 Å². The van der Waals surface area contributed by atoms with Crippen LogP contribution in [-0.4, -0.2) is 49.1 Å². The third-order valence-corrected chi connectivity index (χ3v) is 6.11. The van der Waals surface area contributed by atoms with E-state index >= 15 is 0 Å². The first-order chi connectivity index (χ1) is 17.4. The molecule has 0 bridgehead atoms. The number of ketones is 1. The molecule has 0 spiro atoms. The molecule has 0 saturated carbocycles. The molecule has 1 aliphatic rings. The quantitative estimate of drug-likeness (QED) is 0.192. The first-order valence-corrected chi connectivity index (χ1v) is 11.7. The number of aliphatic hydroxyl groups excluding tert-OH is 1. The summed E-state index contributed by atoms with van der Waals surface area (Å²) >= 11 is 0. The molecular weight excluding hydrogens is 458 g/mol. The van der Waals surface area contributed by atoms with Gasteiger partial charge in [-0.1, -0.05) is 30.3 Å². The Hall–Kier alpha value is -4.10. The number of amides is 1. The van der Waals surface area contributed by atoms with Crippen molar-refractivity contribution in [1.29, 1.82) is 0 Å². The van der Waals surface area contributed by atoms with E-state index in [1.807, 2.05) is 43.3 Å². The molecule has 1 fully saturated rings. The number of benzene rings is 3. The number of ether oxygens (including phenoxy) is 3.